The second-order valence-electron chi connectivity index (χ2n) is 5.44. The molecule has 108 valence electrons. The highest BCUT2D eigenvalue weighted by atomic mass is 16.7. The molecule has 1 atom stereocenters. The van der Waals surface area contributed by atoms with Crippen molar-refractivity contribution in [2.24, 2.45) is 5.92 Å². The zero-order valence-corrected chi connectivity index (χ0v) is 12.4. The summed E-state index contributed by atoms with van der Waals surface area (Å²) in [5.74, 6) is 0.538. The molecule has 1 unspecified atom stereocenters. The van der Waals surface area contributed by atoms with E-state index in [-0.39, 0.29) is 6.10 Å². The van der Waals surface area contributed by atoms with Gasteiger partial charge >= 0.3 is 0 Å². The second-order valence-corrected chi connectivity index (χ2v) is 5.44. The average molecular weight is 257 g/mol. The lowest BCUT2D eigenvalue weighted by atomic mass is 10.1. The van der Waals surface area contributed by atoms with Gasteiger partial charge in [0.1, 0.15) is 6.10 Å². The van der Waals surface area contributed by atoms with Gasteiger partial charge in [0.2, 0.25) is 0 Å². The van der Waals surface area contributed by atoms with Crippen molar-refractivity contribution in [1.29, 1.82) is 0 Å². The Labute approximate surface area is 113 Å². The first-order chi connectivity index (χ1) is 8.70. The van der Waals surface area contributed by atoms with Crippen LogP contribution < -0.4 is 5.48 Å². The Kier molecular flexibility index (Phi) is 12.7. The van der Waals surface area contributed by atoms with Crippen molar-refractivity contribution in [1.82, 2.24) is 5.48 Å². The van der Waals surface area contributed by atoms with Crippen LogP contribution in [0.3, 0.4) is 0 Å². The molecule has 0 aliphatic carbocycles. The zero-order chi connectivity index (χ0) is 13.6. The Hall–Kier alpha value is -0.410. The lowest BCUT2D eigenvalue weighted by molar-refractivity contribution is -0.124. The van der Waals surface area contributed by atoms with E-state index in [0.717, 1.165) is 25.7 Å². The number of nitrogens with one attached hydrogen (secondary N) is 1. The summed E-state index contributed by atoms with van der Waals surface area (Å²) < 4.78 is 0. The first-order valence-corrected chi connectivity index (χ1v) is 7.54. The maximum atomic E-state index is 10.8. The van der Waals surface area contributed by atoms with Gasteiger partial charge in [0, 0.05) is 6.54 Å². The Bertz CT molecular complexity index is 183. The molecule has 0 aromatic carbocycles. The Morgan fingerprint density at radius 3 is 2.22 bits per heavy atom. The van der Waals surface area contributed by atoms with Crippen molar-refractivity contribution in [2.45, 2.75) is 78.2 Å². The summed E-state index contributed by atoms with van der Waals surface area (Å²) in [6, 6.07) is 0. The van der Waals surface area contributed by atoms with Gasteiger partial charge in [0.25, 0.3) is 0 Å². The molecule has 0 aliphatic heterocycles. The highest BCUT2D eigenvalue weighted by Crippen LogP contribution is 2.10. The lowest BCUT2D eigenvalue weighted by Gasteiger charge is -2.13. The predicted molar refractivity (Wildman–Crippen MR) is 76.4 cm³/mol. The average Bonchev–Trinajstić information content (AvgIpc) is 2.35. The maximum Gasteiger partial charge on any atom is 0.150 e. The number of rotatable bonds is 13. The molecule has 0 aromatic rings. The van der Waals surface area contributed by atoms with Gasteiger partial charge in [-0.2, -0.15) is 0 Å². The van der Waals surface area contributed by atoms with E-state index < -0.39 is 0 Å². The number of hydroxylamine groups is 1. The number of unbranched alkanes of at least 4 members (excludes halogenated alkanes) is 6. The van der Waals surface area contributed by atoms with E-state index in [1.807, 2.05) is 0 Å². The minimum atomic E-state index is -0.278. The number of hydrogen-bond donors (Lipinski definition) is 1. The van der Waals surface area contributed by atoms with Crippen LogP contribution in [0.5, 0.6) is 0 Å². The largest absolute Gasteiger partial charge is 0.300 e. The van der Waals surface area contributed by atoms with Crippen LogP contribution in [0.25, 0.3) is 0 Å². The molecule has 0 amide bonds. The molecule has 3 heteroatoms. The van der Waals surface area contributed by atoms with Gasteiger partial charge < -0.3 is 4.79 Å². The van der Waals surface area contributed by atoms with Crippen LogP contribution in [-0.2, 0) is 9.63 Å². The molecule has 0 radical (unpaired) electrons. The van der Waals surface area contributed by atoms with Gasteiger partial charge in [0.05, 0.1) is 0 Å². The van der Waals surface area contributed by atoms with Crippen LogP contribution in [0.1, 0.15) is 72.1 Å². The second kappa shape index (κ2) is 13.0. The van der Waals surface area contributed by atoms with Crippen LogP contribution >= 0.6 is 0 Å². The van der Waals surface area contributed by atoms with Crippen molar-refractivity contribution in [2.75, 3.05) is 6.54 Å². The van der Waals surface area contributed by atoms with Crippen molar-refractivity contribution >= 4 is 6.29 Å². The van der Waals surface area contributed by atoms with Crippen LogP contribution in [0.15, 0.2) is 0 Å². The summed E-state index contributed by atoms with van der Waals surface area (Å²) in [7, 11) is 0. The van der Waals surface area contributed by atoms with E-state index >= 15 is 0 Å². The van der Waals surface area contributed by atoms with Gasteiger partial charge in [-0.25, -0.2) is 5.48 Å². The first kappa shape index (κ1) is 17.6. The standard InChI is InChI=1S/C15H31NO2/c1-4-5-6-7-8-9-10-11-15(13-17)18-16-12-14(2)3/h13-16H,4-12H2,1-3H3. The molecule has 0 saturated heterocycles. The van der Waals surface area contributed by atoms with E-state index in [1.165, 1.54) is 38.5 Å². The smallest absolute Gasteiger partial charge is 0.150 e. The topological polar surface area (TPSA) is 38.3 Å². The van der Waals surface area contributed by atoms with Gasteiger partial charge in [0.15, 0.2) is 6.29 Å². The summed E-state index contributed by atoms with van der Waals surface area (Å²) in [4.78, 5) is 16.1. The van der Waals surface area contributed by atoms with E-state index in [4.69, 9.17) is 4.84 Å². The Morgan fingerprint density at radius 2 is 1.67 bits per heavy atom. The molecule has 0 rings (SSSR count). The molecule has 0 aliphatic rings. The summed E-state index contributed by atoms with van der Waals surface area (Å²) in [6.07, 6.45) is 10.4. The quantitative estimate of drug-likeness (QED) is 0.309. The molecule has 0 aromatic heterocycles. The van der Waals surface area contributed by atoms with Crippen LogP contribution in [0, 0.1) is 5.92 Å². The molecule has 0 spiro atoms. The molecule has 1 N–H and O–H groups in total. The van der Waals surface area contributed by atoms with Gasteiger partial charge in [-0.1, -0.05) is 65.7 Å². The SMILES string of the molecule is CCCCCCCCCC(C=O)ONCC(C)C. The number of carbonyl (C=O) groups excluding carboxylic acids is 1. The summed E-state index contributed by atoms with van der Waals surface area (Å²) in [5, 5.41) is 0. The third-order valence-corrected chi connectivity index (χ3v) is 2.97. The van der Waals surface area contributed by atoms with Crippen molar-refractivity contribution in [3.8, 4) is 0 Å². The van der Waals surface area contributed by atoms with Crippen LogP contribution in [0.4, 0.5) is 0 Å². The fourth-order valence-corrected chi connectivity index (χ4v) is 1.78. The zero-order valence-electron chi connectivity index (χ0n) is 12.4. The predicted octanol–water partition coefficient (Wildman–Crippen LogP) is 3.87. The third-order valence-electron chi connectivity index (χ3n) is 2.97. The Morgan fingerprint density at radius 1 is 1.06 bits per heavy atom. The van der Waals surface area contributed by atoms with Gasteiger partial charge in [-0.3, -0.25) is 4.84 Å². The van der Waals surface area contributed by atoms with Gasteiger partial charge in [-0.15, -0.1) is 0 Å². The molecule has 3 nitrogen and oxygen atoms in total. The third kappa shape index (κ3) is 12.1. The fraction of sp³-hybridized carbons (Fsp3) is 0.933. The molecule has 0 heterocycles. The highest BCUT2D eigenvalue weighted by Gasteiger charge is 2.07. The first-order valence-electron chi connectivity index (χ1n) is 7.54. The van der Waals surface area contributed by atoms with E-state index in [0.29, 0.717) is 5.92 Å². The summed E-state index contributed by atoms with van der Waals surface area (Å²) >= 11 is 0. The summed E-state index contributed by atoms with van der Waals surface area (Å²) in [5.41, 5.74) is 2.87. The minimum Gasteiger partial charge on any atom is -0.300 e. The summed E-state index contributed by atoms with van der Waals surface area (Å²) in [6.45, 7) is 7.25. The molecular weight excluding hydrogens is 226 g/mol. The number of aldehydes is 1. The number of carbonyl (C=O) groups is 1. The molecule has 0 fully saturated rings. The molecule has 0 saturated carbocycles. The highest BCUT2D eigenvalue weighted by molar-refractivity contribution is 5.55. The molecule has 18 heavy (non-hydrogen) atoms. The maximum absolute atomic E-state index is 10.8. The normalized spacial score (nSPS) is 12.9. The van der Waals surface area contributed by atoms with Gasteiger partial charge in [-0.05, 0) is 12.3 Å². The molecule has 0 bridgehead atoms. The van der Waals surface area contributed by atoms with E-state index in [9.17, 15) is 4.79 Å². The number of hydrogen-bond acceptors (Lipinski definition) is 3. The minimum absolute atomic E-state index is 0.278. The Balaban J connectivity index is 3.35. The van der Waals surface area contributed by atoms with Crippen molar-refractivity contribution < 1.29 is 9.63 Å². The van der Waals surface area contributed by atoms with Crippen LogP contribution in [-0.4, -0.2) is 18.9 Å². The van der Waals surface area contributed by atoms with Crippen molar-refractivity contribution in [3.05, 3.63) is 0 Å². The van der Waals surface area contributed by atoms with E-state index in [1.54, 1.807) is 0 Å². The fourth-order valence-electron chi connectivity index (χ4n) is 1.78. The lowest BCUT2D eigenvalue weighted by Crippen LogP contribution is -2.28. The molecular formula is C15H31NO2. The van der Waals surface area contributed by atoms with Crippen LogP contribution in [0.2, 0.25) is 0 Å². The monoisotopic (exact) mass is 257 g/mol. The van der Waals surface area contributed by atoms with Crippen molar-refractivity contribution in [3.63, 3.8) is 0 Å². The van der Waals surface area contributed by atoms with E-state index in [2.05, 4.69) is 26.3 Å².